The number of carboxylic acid groups (broad SMARTS) is 1. The number of pyridine rings is 1. The number of aromatic nitrogens is 1. The van der Waals surface area contributed by atoms with Crippen LogP contribution in [-0.2, 0) is 4.79 Å². The lowest BCUT2D eigenvalue weighted by atomic mass is 9.71. The van der Waals surface area contributed by atoms with Crippen LogP contribution in [0.15, 0.2) is 42.6 Å². The number of carboxylic acids is 1. The van der Waals surface area contributed by atoms with Gasteiger partial charge in [-0.3, -0.25) is 14.7 Å². The summed E-state index contributed by atoms with van der Waals surface area (Å²) in [6, 6.07) is 8.44. The van der Waals surface area contributed by atoms with Crippen LogP contribution >= 0.6 is 11.6 Å². The summed E-state index contributed by atoms with van der Waals surface area (Å²) in [5.41, 5.74) is 0.772. The molecule has 1 aliphatic heterocycles. The molecule has 0 unspecified atom stereocenters. The number of methoxy groups -OCH3 is 1. The minimum Gasteiger partial charge on any atom is -0.497 e. The smallest absolute Gasteiger partial charge is 0.303 e. The van der Waals surface area contributed by atoms with Gasteiger partial charge in [-0.2, -0.15) is 0 Å². The van der Waals surface area contributed by atoms with Crippen LogP contribution in [0.25, 0.3) is 10.9 Å². The average Bonchev–Trinajstić information content (AvgIpc) is 2.87. The highest BCUT2D eigenvalue weighted by molar-refractivity contribution is 6.32. The van der Waals surface area contributed by atoms with Gasteiger partial charge >= 0.3 is 5.97 Å². The Labute approximate surface area is 224 Å². The van der Waals surface area contributed by atoms with Crippen molar-refractivity contribution in [3.05, 3.63) is 64.8 Å². The van der Waals surface area contributed by atoms with Crippen LogP contribution in [0.1, 0.15) is 43.8 Å². The molecule has 0 amide bonds. The SMILES string of the molecule is COc1ccc2ncc(Cl)c([C@H](O)CCC3(CC(=O)O)CCN(CCOc4cc(F)cc(F)c4)CC3)c2c1. The van der Waals surface area contributed by atoms with Crippen LogP contribution in [0.4, 0.5) is 8.78 Å². The van der Waals surface area contributed by atoms with Gasteiger partial charge in [0.1, 0.15) is 29.7 Å². The number of benzene rings is 2. The van der Waals surface area contributed by atoms with E-state index in [4.69, 9.17) is 21.1 Å². The molecule has 0 spiro atoms. The molecule has 1 aromatic heterocycles. The molecule has 0 aliphatic carbocycles. The third kappa shape index (κ3) is 6.89. The summed E-state index contributed by atoms with van der Waals surface area (Å²) in [6.07, 6.45) is 2.75. The number of aliphatic hydroxyl groups excluding tert-OH is 1. The average molecular weight is 549 g/mol. The number of ether oxygens (including phenoxy) is 2. The molecule has 0 radical (unpaired) electrons. The number of likely N-dealkylation sites (tertiary alicyclic amines) is 1. The fraction of sp³-hybridized carbons (Fsp3) is 0.429. The van der Waals surface area contributed by atoms with E-state index in [0.717, 1.165) is 18.2 Å². The Morgan fingerprint density at radius 3 is 2.53 bits per heavy atom. The summed E-state index contributed by atoms with van der Waals surface area (Å²) in [7, 11) is 1.56. The molecule has 7 nitrogen and oxygen atoms in total. The maximum Gasteiger partial charge on any atom is 0.303 e. The van der Waals surface area contributed by atoms with Crippen molar-refractivity contribution in [3.8, 4) is 11.5 Å². The number of aliphatic hydroxyl groups is 1. The van der Waals surface area contributed by atoms with E-state index in [1.807, 2.05) is 0 Å². The van der Waals surface area contributed by atoms with Gasteiger partial charge in [0.15, 0.2) is 0 Å². The van der Waals surface area contributed by atoms with Gasteiger partial charge in [0.25, 0.3) is 0 Å². The van der Waals surface area contributed by atoms with E-state index in [9.17, 15) is 23.8 Å². The Kier molecular flexibility index (Phi) is 9.02. The molecular formula is C28H31ClF2N2O5. The lowest BCUT2D eigenvalue weighted by molar-refractivity contribution is -0.141. The monoisotopic (exact) mass is 548 g/mol. The van der Waals surface area contributed by atoms with E-state index in [0.29, 0.717) is 72.6 Å². The Hall–Kier alpha value is -3.01. The largest absolute Gasteiger partial charge is 0.497 e. The molecule has 4 rings (SSSR count). The molecule has 3 aromatic rings. The van der Waals surface area contributed by atoms with Gasteiger partial charge in [-0.25, -0.2) is 8.78 Å². The fourth-order valence-electron chi connectivity index (χ4n) is 5.21. The Morgan fingerprint density at radius 2 is 1.87 bits per heavy atom. The molecule has 2 heterocycles. The second kappa shape index (κ2) is 12.2. The molecule has 2 N–H and O–H groups in total. The molecule has 38 heavy (non-hydrogen) atoms. The quantitative estimate of drug-likeness (QED) is 0.321. The first kappa shape index (κ1) is 28.0. The zero-order valence-corrected chi connectivity index (χ0v) is 21.9. The molecular weight excluding hydrogens is 518 g/mol. The molecule has 2 aromatic carbocycles. The molecule has 1 saturated heterocycles. The Bertz CT molecular complexity index is 1260. The summed E-state index contributed by atoms with van der Waals surface area (Å²) < 4.78 is 37.5. The number of fused-ring (bicyclic) bond motifs is 1. The Balaban J connectivity index is 1.38. The number of halogens is 3. The maximum absolute atomic E-state index is 13.4. The molecule has 0 saturated carbocycles. The minimum atomic E-state index is -0.899. The van der Waals surface area contributed by atoms with E-state index in [1.54, 1.807) is 25.3 Å². The van der Waals surface area contributed by atoms with Crippen LogP contribution < -0.4 is 9.47 Å². The number of carbonyl (C=O) groups is 1. The summed E-state index contributed by atoms with van der Waals surface area (Å²) in [5, 5.41) is 21.9. The maximum atomic E-state index is 13.4. The van der Waals surface area contributed by atoms with Crippen LogP contribution in [0.2, 0.25) is 5.02 Å². The van der Waals surface area contributed by atoms with Crippen molar-refractivity contribution in [2.24, 2.45) is 5.41 Å². The van der Waals surface area contributed by atoms with Gasteiger partial charge in [0, 0.05) is 41.9 Å². The van der Waals surface area contributed by atoms with Crippen LogP contribution in [-0.4, -0.2) is 59.4 Å². The van der Waals surface area contributed by atoms with Crippen LogP contribution in [0, 0.1) is 17.0 Å². The number of rotatable bonds is 11. The van der Waals surface area contributed by atoms with Gasteiger partial charge in [-0.15, -0.1) is 0 Å². The van der Waals surface area contributed by atoms with E-state index in [1.165, 1.54) is 6.20 Å². The first-order chi connectivity index (χ1) is 18.2. The van der Waals surface area contributed by atoms with Gasteiger partial charge in [-0.1, -0.05) is 11.6 Å². The van der Waals surface area contributed by atoms with Crippen LogP contribution in [0.3, 0.4) is 0 Å². The molecule has 1 aliphatic rings. The topological polar surface area (TPSA) is 92.1 Å². The van der Waals surface area contributed by atoms with Gasteiger partial charge in [-0.05, 0) is 62.4 Å². The fourth-order valence-corrected chi connectivity index (χ4v) is 5.49. The zero-order valence-electron chi connectivity index (χ0n) is 21.1. The van der Waals surface area contributed by atoms with Crippen molar-refractivity contribution in [2.75, 3.05) is 33.4 Å². The van der Waals surface area contributed by atoms with Crippen molar-refractivity contribution >= 4 is 28.5 Å². The van der Waals surface area contributed by atoms with Crippen molar-refractivity contribution in [2.45, 2.75) is 38.2 Å². The number of nitrogens with zero attached hydrogens (tertiary/aromatic N) is 2. The van der Waals surface area contributed by atoms with E-state index in [2.05, 4.69) is 9.88 Å². The highest BCUT2D eigenvalue weighted by Gasteiger charge is 2.37. The third-order valence-electron chi connectivity index (χ3n) is 7.30. The number of piperidine rings is 1. The van der Waals surface area contributed by atoms with Crippen molar-refractivity contribution < 1.29 is 33.3 Å². The predicted molar refractivity (Wildman–Crippen MR) is 140 cm³/mol. The second-order valence-electron chi connectivity index (χ2n) is 9.82. The summed E-state index contributed by atoms with van der Waals surface area (Å²) in [6.45, 7) is 2.11. The van der Waals surface area contributed by atoms with Crippen molar-refractivity contribution in [3.63, 3.8) is 0 Å². The summed E-state index contributed by atoms with van der Waals surface area (Å²) in [5.74, 6) is -1.51. The van der Waals surface area contributed by atoms with Gasteiger partial charge in [0.05, 0.1) is 30.2 Å². The number of aliphatic carboxylic acids is 1. The molecule has 0 bridgehead atoms. The number of hydrogen-bond acceptors (Lipinski definition) is 6. The normalized spacial score (nSPS) is 16.3. The van der Waals surface area contributed by atoms with E-state index >= 15 is 0 Å². The molecule has 204 valence electrons. The minimum absolute atomic E-state index is 0.00524. The molecule has 1 fully saturated rings. The van der Waals surface area contributed by atoms with Gasteiger partial charge in [0.2, 0.25) is 0 Å². The summed E-state index contributed by atoms with van der Waals surface area (Å²) >= 11 is 6.45. The van der Waals surface area contributed by atoms with Crippen LogP contribution in [0.5, 0.6) is 11.5 Å². The zero-order chi connectivity index (χ0) is 27.3. The lowest BCUT2D eigenvalue weighted by Gasteiger charge is -2.41. The van der Waals surface area contributed by atoms with E-state index < -0.39 is 29.1 Å². The van der Waals surface area contributed by atoms with E-state index in [-0.39, 0.29) is 18.8 Å². The first-order valence-electron chi connectivity index (χ1n) is 12.5. The molecule has 1 atom stereocenters. The first-order valence-corrected chi connectivity index (χ1v) is 12.9. The lowest BCUT2D eigenvalue weighted by Crippen LogP contribution is -2.42. The Morgan fingerprint density at radius 1 is 1.16 bits per heavy atom. The second-order valence-corrected chi connectivity index (χ2v) is 10.2. The highest BCUT2D eigenvalue weighted by atomic mass is 35.5. The predicted octanol–water partition coefficient (Wildman–Crippen LogP) is 5.62. The molecule has 10 heteroatoms. The highest BCUT2D eigenvalue weighted by Crippen LogP contribution is 2.43. The van der Waals surface area contributed by atoms with Crippen molar-refractivity contribution in [1.29, 1.82) is 0 Å². The standard InChI is InChI=1S/C28H31ClF2N2O5/c1-37-20-2-3-24-22(15-20)27(23(29)17-32-24)25(34)4-5-28(16-26(35)36)6-8-33(9-7-28)10-11-38-21-13-18(30)12-19(31)14-21/h2-3,12-15,17,25,34H,4-11,16H2,1H3,(H,35,36)/t25-/m1/s1. The summed E-state index contributed by atoms with van der Waals surface area (Å²) in [4.78, 5) is 18.2. The van der Waals surface area contributed by atoms with Crippen molar-refractivity contribution in [1.82, 2.24) is 9.88 Å². The number of hydrogen-bond donors (Lipinski definition) is 2. The van der Waals surface area contributed by atoms with Gasteiger partial charge < -0.3 is 19.7 Å². The third-order valence-corrected chi connectivity index (χ3v) is 7.61.